The highest BCUT2D eigenvalue weighted by molar-refractivity contribution is 14.2. The van der Waals surface area contributed by atoms with Crippen molar-refractivity contribution in [2.24, 2.45) is 0 Å². The molecule has 1 N–H and O–H groups in total. The highest BCUT2D eigenvalue weighted by atomic mass is 127. The highest BCUT2D eigenvalue weighted by Gasteiger charge is 2.31. The Morgan fingerprint density at radius 2 is 2.21 bits per heavy atom. The number of cyclic esters (lactones) is 1. The fraction of sp³-hybridized carbons (Fsp3) is 0.500. The van der Waals surface area contributed by atoms with E-state index in [1.807, 2.05) is 13.0 Å². The Balaban J connectivity index is 2.57. The zero-order chi connectivity index (χ0) is 17.7. The summed E-state index contributed by atoms with van der Waals surface area (Å²) in [5.41, 5.74) is 5.84. The number of halogens is 1. The number of hydrogen-bond donors (Lipinski definition) is 1. The Bertz CT molecular complexity index is 655. The molecular weight excluding hydrogens is 439 g/mol. The van der Waals surface area contributed by atoms with E-state index in [-0.39, 0.29) is 12.6 Å². The van der Waals surface area contributed by atoms with E-state index in [1.165, 1.54) is 5.56 Å². The van der Waals surface area contributed by atoms with Crippen LogP contribution in [0.25, 0.3) is 0 Å². The molecule has 1 heterocycles. The fourth-order valence-corrected chi connectivity index (χ4v) is 3.68. The Kier molecular flexibility index (Phi) is 7.43. The summed E-state index contributed by atoms with van der Waals surface area (Å²) in [6.45, 7) is 6.98. The number of ether oxygens (including phenoxy) is 2. The molecule has 132 valence electrons. The largest absolute Gasteiger partial charge is 0.491 e. The summed E-state index contributed by atoms with van der Waals surface area (Å²) in [4.78, 5) is 12.3. The van der Waals surface area contributed by atoms with Gasteiger partial charge in [0.1, 0.15) is 17.9 Å². The molecule has 4 nitrogen and oxygen atoms in total. The van der Waals surface area contributed by atoms with Gasteiger partial charge in [0, 0.05) is 16.9 Å². The fourth-order valence-electron chi connectivity index (χ4n) is 3.00. The molecule has 0 spiro atoms. The molecule has 1 aromatic carbocycles. The molecular formula is C18H23IO4S. The van der Waals surface area contributed by atoms with Crippen LogP contribution < -0.4 is 4.74 Å². The number of benzene rings is 1. The van der Waals surface area contributed by atoms with Gasteiger partial charge >= 0.3 is 5.97 Å². The van der Waals surface area contributed by atoms with Gasteiger partial charge in [-0.15, -0.1) is 0 Å². The Hall–Kier alpha value is -0.730. The molecule has 0 radical (unpaired) electrons. The van der Waals surface area contributed by atoms with Crippen LogP contribution in [0.5, 0.6) is 5.75 Å². The number of rotatable bonds is 8. The van der Waals surface area contributed by atoms with Gasteiger partial charge in [-0.05, 0) is 59.0 Å². The number of aliphatic hydroxyl groups excluding tert-OH is 1. The maximum Gasteiger partial charge on any atom is 0.342 e. The number of carbonyl (C=O) groups is 1. The minimum atomic E-state index is -0.294. The number of hydrogen-bond acceptors (Lipinski definition) is 5. The third kappa shape index (κ3) is 4.08. The van der Waals surface area contributed by atoms with Crippen LogP contribution >= 0.6 is 30.1 Å². The lowest BCUT2D eigenvalue weighted by Gasteiger charge is -2.20. The maximum atomic E-state index is 12.3. The molecule has 0 atom stereocenters. The van der Waals surface area contributed by atoms with Crippen LogP contribution in [0.1, 0.15) is 46.5 Å². The molecule has 0 unspecified atom stereocenters. The molecule has 0 amide bonds. The third-order valence-corrected chi connectivity index (χ3v) is 5.93. The van der Waals surface area contributed by atoms with Gasteiger partial charge in [0.25, 0.3) is 0 Å². The smallest absolute Gasteiger partial charge is 0.342 e. The average molecular weight is 462 g/mol. The number of carbonyl (C=O) groups excluding carboxylic acids is 1. The van der Waals surface area contributed by atoms with E-state index in [2.05, 4.69) is 35.1 Å². The summed E-state index contributed by atoms with van der Waals surface area (Å²) in [7, 11) is 1.68. The quantitative estimate of drug-likeness (QED) is 0.272. The van der Waals surface area contributed by atoms with Gasteiger partial charge in [-0.1, -0.05) is 27.5 Å². The van der Waals surface area contributed by atoms with Crippen molar-refractivity contribution in [3.05, 3.63) is 39.5 Å². The summed E-state index contributed by atoms with van der Waals surface area (Å²) >= 11 is 2.24. The first-order chi connectivity index (χ1) is 11.5. The van der Waals surface area contributed by atoms with Crippen LogP contribution in [0.4, 0.5) is 0 Å². The van der Waals surface area contributed by atoms with Crippen molar-refractivity contribution in [3.63, 3.8) is 0 Å². The third-order valence-electron chi connectivity index (χ3n) is 4.29. The van der Waals surface area contributed by atoms with E-state index in [0.717, 1.165) is 34.4 Å². The van der Waals surface area contributed by atoms with Crippen molar-refractivity contribution in [1.82, 2.24) is 0 Å². The molecule has 2 rings (SSSR count). The molecule has 0 saturated heterocycles. The first kappa shape index (κ1) is 19.6. The Morgan fingerprint density at radius 1 is 1.46 bits per heavy atom. The molecule has 1 aliphatic rings. The van der Waals surface area contributed by atoms with Crippen molar-refractivity contribution >= 4 is 36.1 Å². The molecule has 0 fully saturated rings. The normalized spacial score (nSPS) is 13.9. The van der Waals surface area contributed by atoms with Gasteiger partial charge in [-0.25, -0.2) is 4.79 Å². The van der Waals surface area contributed by atoms with Gasteiger partial charge in [-0.3, -0.25) is 0 Å². The SMILES string of the molecule is CCc1c(C)c2c(c(OCCSI)c1C/C=C(\C)CO)C(=O)OC2. The lowest BCUT2D eigenvalue weighted by molar-refractivity contribution is 0.0532. The number of aliphatic hydroxyl groups is 1. The van der Waals surface area contributed by atoms with E-state index in [9.17, 15) is 9.90 Å². The zero-order valence-corrected chi connectivity index (χ0v) is 17.3. The average Bonchev–Trinajstić information content (AvgIpc) is 2.97. The Morgan fingerprint density at radius 3 is 2.83 bits per heavy atom. The van der Waals surface area contributed by atoms with Gasteiger partial charge < -0.3 is 14.6 Å². The molecule has 1 aromatic rings. The monoisotopic (exact) mass is 462 g/mol. The zero-order valence-electron chi connectivity index (χ0n) is 14.3. The molecule has 0 bridgehead atoms. The van der Waals surface area contributed by atoms with E-state index >= 15 is 0 Å². The second kappa shape index (κ2) is 9.10. The second-order valence-corrected chi connectivity index (χ2v) is 8.26. The number of esters is 1. The van der Waals surface area contributed by atoms with Crippen LogP contribution in [-0.4, -0.2) is 30.0 Å². The Labute approximate surface area is 159 Å². The molecule has 1 aliphatic heterocycles. The molecule has 0 saturated carbocycles. The van der Waals surface area contributed by atoms with Crippen LogP contribution in [0, 0.1) is 6.92 Å². The van der Waals surface area contributed by atoms with Crippen LogP contribution in [0.3, 0.4) is 0 Å². The van der Waals surface area contributed by atoms with Gasteiger partial charge in [0.2, 0.25) is 0 Å². The van der Waals surface area contributed by atoms with Gasteiger partial charge in [-0.2, -0.15) is 0 Å². The first-order valence-corrected chi connectivity index (χ1v) is 11.5. The lowest BCUT2D eigenvalue weighted by Crippen LogP contribution is -2.11. The molecule has 6 heteroatoms. The van der Waals surface area contributed by atoms with E-state index in [1.54, 1.807) is 8.93 Å². The van der Waals surface area contributed by atoms with Crippen molar-refractivity contribution in [3.8, 4) is 5.75 Å². The van der Waals surface area contributed by atoms with Crippen LogP contribution in [0.2, 0.25) is 0 Å². The van der Waals surface area contributed by atoms with E-state index in [0.29, 0.717) is 30.9 Å². The lowest BCUT2D eigenvalue weighted by atomic mass is 9.89. The summed E-state index contributed by atoms with van der Waals surface area (Å²) in [5.74, 6) is 1.23. The molecule has 0 aliphatic carbocycles. The minimum absolute atomic E-state index is 0.0368. The maximum absolute atomic E-state index is 12.3. The van der Waals surface area contributed by atoms with Gasteiger partial charge in [0.15, 0.2) is 0 Å². The van der Waals surface area contributed by atoms with Crippen molar-refractivity contribution in [2.75, 3.05) is 19.0 Å². The summed E-state index contributed by atoms with van der Waals surface area (Å²) in [5, 5.41) is 9.26. The van der Waals surface area contributed by atoms with Gasteiger partial charge in [0.05, 0.1) is 13.2 Å². The second-order valence-electron chi connectivity index (χ2n) is 5.77. The highest BCUT2D eigenvalue weighted by Crippen LogP contribution is 2.39. The van der Waals surface area contributed by atoms with E-state index < -0.39 is 0 Å². The summed E-state index contributed by atoms with van der Waals surface area (Å²) < 4.78 is 11.3. The standard InChI is InChI=1S/C18H23IO4S/c1-4-13-12(3)15-10-23-18(21)16(15)17(22-7-8-24-19)14(13)6-5-11(2)9-20/h5,20H,4,6-10H2,1-3H3/b11-5+. The summed E-state index contributed by atoms with van der Waals surface area (Å²) in [6, 6.07) is 0. The van der Waals surface area contributed by atoms with Crippen molar-refractivity contribution in [2.45, 2.75) is 40.2 Å². The van der Waals surface area contributed by atoms with Crippen molar-refractivity contribution < 1.29 is 19.4 Å². The predicted molar refractivity (Wildman–Crippen MR) is 106 cm³/mol. The predicted octanol–water partition coefficient (Wildman–Crippen LogP) is 4.17. The van der Waals surface area contributed by atoms with E-state index in [4.69, 9.17) is 9.47 Å². The number of fused-ring (bicyclic) bond motifs is 1. The minimum Gasteiger partial charge on any atom is -0.491 e. The molecule has 0 aromatic heterocycles. The van der Waals surface area contributed by atoms with Crippen LogP contribution in [0.15, 0.2) is 11.6 Å². The summed E-state index contributed by atoms with van der Waals surface area (Å²) in [6.07, 6.45) is 3.51. The molecule has 24 heavy (non-hydrogen) atoms. The first-order valence-electron chi connectivity index (χ1n) is 8.02. The van der Waals surface area contributed by atoms with Crippen LogP contribution in [-0.2, 0) is 24.2 Å². The van der Waals surface area contributed by atoms with Crippen molar-refractivity contribution in [1.29, 1.82) is 0 Å². The topological polar surface area (TPSA) is 55.8 Å². The number of allylic oxidation sites excluding steroid dienone is 1.